The number of carbonyl (C=O) groups is 1. The molecule has 0 radical (unpaired) electrons. The normalized spacial score (nSPS) is 11.0. The van der Waals surface area contributed by atoms with Crippen molar-refractivity contribution in [2.24, 2.45) is 11.1 Å². The number of benzene rings is 1. The minimum absolute atomic E-state index is 0.421. The van der Waals surface area contributed by atoms with Crippen LogP contribution < -0.4 is 5.73 Å². The molecule has 158 valence electrons. The number of hydrogen-bond donors (Lipinski definition) is 1. The maximum Gasteiger partial charge on any atom is 0.235 e. The number of fused-ring (bicyclic) bond motifs is 1. The minimum atomic E-state index is -0.964. The second-order valence-electron chi connectivity index (χ2n) is 7.84. The lowest BCUT2D eigenvalue weighted by atomic mass is 9.93. The first kappa shape index (κ1) is 20.8. The zero-order valence-electron chi connectivity index (χ0n) is 17.8. The molecule has 3 heterocycles. The maximum absolute atomic E-state index is 11.6. The number of aromatic nitrogens is 5. The SMILES string of the molecule is CC(C)(C#Cc1nccn2ncc(-c3ccc(-c4cnn(CCC#N)c4)cc3)c12)C(N)=O. The maximum atomic E-state index is 11.6. The lowest BCUT2D eigenvalue weighted by Gasteiger charge is -2.11. The molecule has 0 aliphatic heterocycles. The number of carbonyl (C=O) groups excluding carboxylic acids is 1. The van der Waals surface area contributed by atoms with Crippen LogP contribution in [0.25, 0.3) is 27.8 Å². The van der Waals surface area contributed by atoms with Crippen LogP contribution in [0, 0.1) is 28.6 Å². The number of nitrogens with two attached hydrogens (primary N) is 1. The molecule has 8 heteroatoms. The van der Waals surface area contributed by atoms with Gasteiger partial charge in [-0.1, -0.05) is 30.2 Å². The Kier molecular flexibility index (Phi) is 5.44. The minimum Gasteiger partial charge on any atom is -0.368 e. The summed E-state index contributed by atoms with van der Waals surface area (Å²) in [7, 11) is 0. The van der Waals surface area contributed by atoms with Gasteiger partial charge in [0, 0.05) is 29.7 Å². The van der Waals surface area contributed by atoms with Gasteiger partial charge in [0.25, 0.3) is 0 Å². The summed E-state index contributed by atoms with van der Waals surface area (Å²) < 4.78 is 3.48. The van der Waals surface area contributed by atoms with Crippen molar-refractivity contribution in [3.63, 3.8) is 0 Å². The molecule has 0 bridgehead atoms. The van der Waals surface area contributed by atoms with E-state index < -0.39 is 11.3 Å². The molecular formula is C24H21N7O. The van der Waals surface area contributed by atoms with Gasteiger partial charge in [-0.15, -0.1) is 0 Å². The van der Waals surface area contributed by atoms with E-state index in [-0.39, 0.29) is 0 Å². The number of primary amides is 1. The van der Waals surface area contributed by atoms with Crippen molar-refractivity contribution in [2.75, 3.05) is 0 Å². The lowest BCUT2D eigenvalue weighted by Crippen LogP contribution is -2.29. The molecule has 3 aromatic heterocycles. The van der Waals surface area contributed by atoms with Crippen LogP contribution >= 0.6 is 0 Å². The molecule has 4 aromatic rings. The van der Waals surface area contributed by atoms with Crippen molar-refractivity contribution in [2.45, 2.75) is 26.8 Å². The monoisotopic (exact) mass is 423 g/mol. The van der Waals surface area contributed by atoms with Gasteiger partial charge in [-0.05, 0) is 30.9 Å². The fraction of sp³-hybridized carbons (Fsp3) is 0.208. The van der Waals surface area contributed by atoms with Gasteiger partial charge in [0.05, 0.1) is 31.4 Å². The molecule has 1 aromatic carbocycles. The Balaban J connectivity index is 1.69. The Hall–Kier alpha value is -4.43. The third-order valence-corrected chi connectivity index (χ3v) is 5.16. The summed E-state index contributed by atoms with van der Waals surface area (Å²) in [5, 5.41) is 17.5. The van der Waals surface area contributed by atoms with Crippen LogP contribution in [0.4, 0.5) is 0 Å². The second-order valence-corrected chi connectivity index (χ2v) is 7.84. The highest BCUT2D eigenvalue weighted by molar-refractivity contribution is 5.86. The van der Waals surface area contributed by atoms with Crippen LogP contribution in [-0.2, 0) is 11.3 Å². The van der Waals surface area contributed by atoms with Crippen molar-refractivity contribution in [1.29, 1.82) is 5.26 Å². The van der Waals surface area contributed by atoms with Gasteiger partial charge in [-0.3, -0.25) is 9.48 Å². The van der Waals surface area contributed by atoms with Crippen molar-refractivity contribution >= 4 is 11.4 Å². The number of amides is 1. The number of nitrogens with zero attached hydrogens (tertiary/aromatic N) is 6. The topological polar surface area (TPSA) is 115 Å². The first-order valence-corrected chi connectivity index (χ1v) is 10.0. The Morgan fingerprint density at radius 2 is 1.88 bits per heavy atom. The third kappa shape index (κ3) is 4.07. The summed E-state index contributed by atoms with van der Waals surface area (Å²) in [6, 6.07) is 10.2. The molecule has 0 saturated heterocycles. The van der Waals surface area contributed by atoms with Crippen LogP contribution in [0.15, 0.2) is 55.2 Å². The number of hydrogen-bond acceptors (Lipinski definition) is 5. The van der Waals surface area contributed by atoms with E-state index in [1.165, 1.54) is 0 Å². The molecule has 32 heavy (non-hydrogen) atoms. The van der Waals surface area contributed by atoms with E-state index in [2.05, 4.69) is 33.1 Å². The molecular weight excluding hydrogens is 402 g/mol. The molecule has 0 unspecified atom stereocenters. The predicted octanol–water partition coefficient (Wildman–Crippen LogP) is 3.04. The average molecular weight is 423 g/mol. The fourth-order valence-corrected chi connectivity index (χ4v) is 3.16. The Morgan fingerprint density at radius 1 is 1.12 bits per heavy atom. The number of aryl methyl sites for hydroxylation is 1. The summed E-state index contributed by atoms with van der Waals surface area (Å²) in [5.74, 6) is 5.44. The number of nitriles is 1. The van der Waals surface area contributed by atoms with Crippen molar-refractivity contribution in [1.82, 2.24) is 24.4 Å². The second kappa shape index (κ2) is 8.37. The zero-order valence-corrected chi connectivity index (χ0v) is 17.8. The van der Waals surface area contributed by atoms with E-state index in [1.807, 2.05) is 30.5 Å². The van der Waals surface area contributed by atoms with Crippen LogP contribution in [0.2, 0.25) is 0 Å². The van der Waals surface area contributed by atoms with Gasteiger partial charge in [0.1, 0.15) is 16.6 Å². The van der Waals surface area contributed by atoms with E-state index in [0.29, 0.717) is 18.7 Å². The van der Waals surface area contributed by atoms with Gasteiger partial charge in [0.15, 0.2) is 0 Å². The highest BCUT2D eigenvalue weighted by Gasteiger charge is 2.22. The van der Waals surface area contributed by atoms with Crippen LogP contribution in [0.3, 0.4) is 0 Å². The predicted molar refractivity (Wildman–Crippen MR) is 120 cm³/mol. The van der Waals surface area contributed by atoms with Gasteiger partial charge in [-0.2, -0.15) is 15.5 Å². The van der Waals surface area contributed by atoms with E-state index >= 15 is 0 Å². The van der Waals surface area contributed by atoms with Crippen molar-refractivity contribution < 1.29 is 4.79 Å². The van der Waals surface area contributed by atoms with E-state index in [4.69, 9.17) is 11.0 Å². The Bertz CT molecular complexity index is 1390. The summed E-state index contributed by atoms with van der Waals surface area (Å²) >= 11 is 0. The third-order valence-electron chi connectivity index (χ3n) is 5.16. The summed E-state index contributed by atoms with van der Waals surface area (Å²) in [6.45, 7) is 3.93. The first-order valence-electron chi connectivity index (χ1n) is 10.0. The van der Waals surface area contributed by atoms with Crippen LogP contribution in [-0.4, -0.2) is 30.3 Å². The standard InChI is InChI=1S/C24H21N7O/c1-24(2,23(26)32)9-8-21-22-20(15-29-31(22)13-11-27-21)18-6-4-17(5-7-18)19-14-28-30(16-19)12-3-10-25/h4-7,11,13-16H,3,12H2,1-2H3,(H2,26,32). The molecule has 0 fully saturated rings. The largest absolute Gasteiger partial charge is 0.368 e. The van der Waals surface area contributed by atoms with Gasteiger partial charge in [0.2, 0.25) is 5.91 Å². The van der Waals surface area contributed by atoms with Crippen LogP contribution in [0.5, 0.6) is 0 Å². The Labute approximate surface area is 185 Å². The highest BCUT2D eigenvalue weighted by Crippen LogP contribution is 2.29. The van der Waals surface area contributed by atoms with E-state index in [9.17, 15) is 4.79 Å². The smallest absolute Gasteiger partial charge is 0.235 e. The first-order chi connectivity index (χ1) is 15.4. The number of rotatable bonds is 5. The summed E-state index contributed by atoms with van der Waals surface area (Å²) in [4.78, 5) is 16.0. The molecule has 0 aliphatic rings. The summed E-state index contributed by atoms with van der Waals surface area (Å²) in [5.41, 5.74) is 9.61. The van der Waals surface area contributed by atoms with Gasteiger partial charge >= 0.3 is 0 Å². The molecule has 8 nitrogen and oxygen atoms in total. The van der Waals surface area contributed by atoms with E-state index in [0.717, 1.165) is 27.8 Å². The van der Waals surface area contributed by atoms with Crippen molar-refractivity contribution in [3.05, 3.63) is 60.9 Å². The quantitative estimate of drug-likeness (QED) is 0.496. The highest BCUT2D eigenvalue weighted by atomic mass is 16.1. The van der Waals surface area contributed by atoms with Crippen LogP contribution in [0.1, 0.15) is 26.0 Å². The molecule has 0 atom stereocenters. The van der Waals surface area contributed by atoms with Gasteiger partial charge < -0.3 is 5.73 Å². The molecule has 0 aliphatic carbocycles. The molecule has 2 N–H and O–H groups in total. The molecule has 4 rings (SSSR count). The van der Waals surface area contributed by atoms with Crippen molar-refractivity contribution in [3.8, 4) is 40.2 Å². The summed E-state index contributed by atoms with van der Waals surface area (Å²) in [6.07, 6.45) is 9.30. The molecule has 1 amide bonds. The zero-order chi connectivity index (χ0) is 22.7. The fourth-order valence-electron chi connectivity index (χ4n) is 3.16. The average Bonchev–Trinajstić information content (AvgIpc) is 3.44. The molecule has 0 saturated carbocycles. The van der Waals surface area contributed by atoms with E-state index in [1.54, 1.807) is 47.8 Å². The Morgan fingerprint density at radius 3 is 2.59 bits per heavy atom. The molecule has 0 spiro atoms. The lowest BCUT2D eigenvalue weighted by molar-refractivity contribution is -0.123. The van der Waals surface area contributed by atoms with Gasteiger partial charge in [-0.25, -0.2) is 9.50 Å².